The average molecular weight is 142 g/mol. The minimum atomic E-state index is 0.731. The molecule has 1 fully saturated rings. The number of nitrogens with one attached hydrogen (secondary N) is 2. The van der Waals surface area contributed by atoms with Gasteiger partial charge in [0.05, 0.1) is 0 Å². The Labute approximate surface area is 63.4 Å². The predicted octanol–water partition coefficient (Wildman–Crippen LogP) is 0.594. The van der Waals surface area contributed by atoms with Gasteiger partial charge in [-0.25, -0.2) is 0 Å². The van der Waals surface area contributed by atoms with E-state index in [0.29, 0.717) is 0 Å². The third-order valence-electron chi connectivity index (χ3n) is 2.15. The van der Waals surface area contributed by atoms with Gasteiger partial charge < -0.3 is 10.6 Å². The van der Waals surface area contributed by atoms with Crippen molar-refractivity contribution in [2.75, 3.05) is 19.6 Å². The number of rotatable bonds is 1. The van der Waals surface area contributed by atoms with E-state index in [-0.39, 0.29) is 0 Å². The largest absolute Gasteiger partial charge is 0.315 e. The second-order valence-corrected chi connectivity index (χ2v) is 3.34. The van der Waals surface area contributed by atoms with E-state index < -0.39 is 0 Å². The molecule has 0 unspecified atom stereocenters. The molecule has 0 aromatic rings. The van der Waals surface area contributed by atoms with Gasteiger partial charge in [0.25, 0.3) is 0 Å². The molecule has 2 N–H and O–H groups in total. The van der Waals surface area contributed by atoms with E-state index in [1.807, 2.05) is 0 Å². The summed E-state index contributed by atoms with van der Waals surface area (Å²) in [4.78, 5) is 0. The highest BCUT2D eigenvalue weighted by Crippen LogP contribution is 2.05. The highest BCUT2D eigenvalue weighted by molar-refractivity contribution is 4.74. The van der Waals surface area contributed by atoms with Crippen LogP contribution in [-0.2, 0) is 0 Å². The van der Waals surface area contributed by atoms with Gasteiger partial charge in [-0.3, -0.25) is 0 Å². The Morgan fingerprint density at radius 2 is 2.00 bits per heavy atom. The van der Waals surface area contributed by atoms with Crippen molar-refractivity contribution < 1.29 is 0 Å². The molecule has 2 heteroatoms. The standard InChI is InChI=1S/C8H18N2/c1-7(2)8-3-4-9-5-6-10-8/h7-10H,3-6H2,1-2H3/t8-/m1/s1. The molecule has 10 heavy (non-hydrogen) atoms. The second-order valence-electron chi connectivity index (χ2n) is 3.34. The molecule has 0 amide bonds. The first-order valence-electron chi connectivity index (χ1n) is 4.25. The van der Waals surface area contributed by atoms with Gasteiger partial charge in [-0.2, -0.15) is 0 Å². The highest BCUT2D eigenvalue weighted by atomic mass is 15.0. The van der Waals surface area contributed by atoms with Crippen molar-refractivity contribution in [2.24, 2.45) is 5.92 Å². The third kappa shape index (κ3) is 2.27. The summed E-state index contributed by atoms with van der Waals surface area (Å²) in [5.74, 6) is 0.778. The minimum absolute atomic E-state index is 0.731. The summed E-state index contributed by atoms with van der Waals surface area (Å²) in [6.45, 7) is 7.99. The summed E-state index contributed by atoms with van der Waals surface area (Å²) in [7, 11) is 0. The lowest BCUT2D eigenvalue weighted by Gasteiger charge is -2.18. The Morgan fingerprint density at radius 1 is 1.20 bits per heavy atom. The van der Waals surface area contributed by atoms with Gasteiger partial charge in [-0.05, 0) is 18.9 Å². The summed E-state index contributed by atoms with van der Waals surface area (Å²) < 4.78 is 0. The maximum atomic E-state index is 3.52. The topological polar surface area (TPSA) is 24.1 Å². The van der Waals surface area contributed by atoms with E-state index in [9.17, 15) is 0 Å². The first-order chi connectivity index (χ1) is 4.80. The maximum Gasteiger partial charge on any atom is 0.0103 e. The van der Waals surface area contributed by atoms with E-state index in [1.165, 1.54) is 13.0 Å². The molecule has 0 radical (unpaired) electrons. The van der Waals surface area contributed by atoms with E-state index in [0.717, 1.165) is 25.0 Å². The lowest BCUT2D eigenvalue weighted by molar-refractivity contribution is 0.402. The Kier molecular flexibility index (Phi) is 3.16. The molecule has 0 aliphatic carbocycles. The fraction of sp³-hybridized carbons (Fsp3) is 1.00. The third-order valence-corrected chi connectivity index (χ3v) is 2.15. The molecule has 0 spiro atoms. The van der Waals surface area contributed by atoms with E-state index in [1.54, 1.807) is 0 Å². The molecule has 0 saturated carbocycles. The van der Waals surface area contributed by atoms with E-state index in [2.05, 4.69) is 24.5 Å². The second kappa shape index (κ2) is 3.94. The van der Waals surface area contributed by atoms with Crippen LogP contribution in [0.2, 0.25) is 0 Å². The molecule has 1 atom stereocenters. The van der Waals surface area contributed by atoms with Crippen LogP contribution in [0.3, 0.4) is 0 Å². The minimum Gasteiger partial charge on any atom is -0.315 e. The van der Waals surface area contributed by atoms with E-state index >= 15 is 0 Å². The molecule has 2 nitrogen and oxygen atoms in total. The Balaban J connectivity index is 2.28. The smallest absolute Gasteiger partial charge is 0.0103 e. The van der Waals surface area contributed by atoms with Crippen LogP contribution < -0.4 is 10.6 Å². The van der Waals surface area contributed by atoms with Crippen LogP contribution in [-0.4, -0.2) is 25.7 Å². The molecular weight excluding hydrogens is 124 g/mol. The first kappa shape index (κ1) is 8.02. The van der Waals surface area contributed by atoms with Gasteiger partial charge in [-0.1, -0.05) is 13.8 Å². The van der Waals surface area contributed by atoms with Crippen LogP contribution in [0.15, 0.2) is 0 Å². The Bertz CT molecular complexity index is 83.3. The van der Waals surface area contributed by atoms with Gasteiger partial charge in [0, 0.05) is 19.1 Å². The van der Waals surface area contributed by atoms with Crippen molar-refractivity contribution in [2.45, 2.75) is 26.3 Å². The molecule has 1 heterocycles. The van der Waals surface area contributed by atoms with Gasteiger partial charge in [0.1, 0.15) is 0 Å². The first-order valence-corrected chi connectivity index (χ1v) is 4.25. The van der Waals surface area contributed by atoms with Crippen LogP contribution in [0.25, 0.3) is 0 Å². The van der Waals surface area contributed by atoms with Crippen molar-refractivity contribution in [1.82, 2.24) is 10.6 Å². The zero-order valence-electron chi connectivity index (χ0n) is 6.98. The molecule has 60 valence electrons. The number of hydrogen-bond acceptors (Lipinski definition) is 2. The van der Waals surface area contributed by atoms with Crippen molar-refractivity contribution >= 4 is 0 Å². The highest BCUT2D eigenvalue weighted by Gasteiger charge is 2.13. The van der Waals surface area contributed by atoms with Crippen LogP contribution >= 0.6 is 0 Å². The summed E-state index contributed by atoms with van der Waals surface area (Å²) in [6.07, 6.45) is 1.28. The van der Waals surface area contributed by atoms with Gasteiger partial charge >= 0.3 is 0 Å². The lowest BCUT2D eigenvalue weighted by Crippen LogP contribution is -2.34. The number of hydrogen-bond donors (Lipinski definition) is 2. The molecule has 0 bridgehead atoms. The summed E-state index contributed by atoms with van der Waals surface area (Å²) in [5, 5.41) is 6.89. The monoisotopic (exact) mass is 142 g/mol. The fourth-order valence-corrected chi connectivity index (χ4v) is 1.40. The normalized spacial score (nSPS) is 28.5. The summed E-state index contributed by atoms with van der Waals surface area (Å²) >= 11 is 0. The molecule has 1 aliphatic rings. The average Bonchev–Trinajstić information content (AvgIpc) is 2.12. The van der Waals surface area contributed by atoms with Crippen LogP contribution in [0.4, 0.5) is 0 Å². The molecule has 1 saturated heterocycles. The zero-order valence-corrected chi connectivity index (χ0v) is 6.98. The Morgan fingerprint density at radius 3 is 2.70 bits per heavy atom. The molecule has 0 aromatic heterocycles. The van der Waals surface area contributed by atoms with Crippen LogP contribution in [0, 0.1) is 5.92 Å². The molecule has 1 aliphatic heterocycles. The maximum absolute atomic E-state index is 3.52. The summed E-state index contributed by atoms with van der Waals surface area (Å²) in [6, 6.07) is 0.731. The molecule has 1 rings (SSSR count). The van der Waals surface area contributed by atoms with E-state index in [4.69, 9.17) is 0 Å². The van der Waals surface area contributed by atoms with Gasteiger partial charge in [0.2, 0.25) is 0 Å². The van der Waals surface area contributed by atoms with Crippen molar-refractivity contribution in [3.63, 3.8) is 0 Å². The van der Waals surface area contributed by atoms with Crippen LogP contribution in [0.5, 0.6) is 0 Å². The molecular formula is C8H18N2. The zero-order chi connectivity index (χ0) is 7.40. The van der Waals surface area contributed by atoms with Gasteiger partial charge in [-0.15, -0.1) is 0 Å². The van der Waals surface area contributed by atoms with Crippen LogP contribution in [0.1, 0.15) is 20.3 Å². The summed E-state index contributed by atoms with van der Waals surface area (Å²) in [5.41, 5.74) is 0. The Hall–Kier alpha value is -0.0800. The van der Waals surface area contributed by atoms with Crippen molar-refractivity contribution in [1.29, 1.82) is 0 Å². The predicted molar refractivity (Wildman–Crippen MR) is 44.1 cm³/mol. The quantitative estimate of drug-likeness (QED) is 0.560. The van der Waals surface area contributed by atoms with Gasteiger partial charge in [0.15, 0.2) is 0 Å². The fourth-order valence-electron chi connectivity index (χ4n) is 1.40. The van der Waals surface area contributed by atoms with Crippen molar-refractivity contribution in [3.05, 3.63) is 0 Å². The molecule has 0 aromatic carbocycles. The SMILES string of the molecule is CC(C)[C@H]1CCNCCN1. The lowest BCUT2D eigenvalue weighted by atomic mass is 10.0. The van der Waals surface area contributed by atoms with Crippen molar-refractivity contribution in [3.8, 4) is 0 Å².